The van der Waals surface area contributed by atoms with Gasteiger partial charge >= 0.3 is 5.97 Å². The van der Waals surface area contributed by atoms with Gasteiger partial charge < -0.3 is 9.94 Å². The van der Waals surface area contributed by atoms with Crippen molar-refractivity contribution < 1.29 is 14.7 Å². The molecule has 1 N–H and O–H groups in total. The molecule has 0 amide bonds. The van der Waals surface area contributed by atoms with Gasteiger partial charge in [0.15, 0.2) is 0 Å². The lowest BCUT2D eigenvalue weighted by atomic mass is 9.31. The van der Waals surface area contributed by atoms with Crippen LogP contribution in [0.2, 0.25) is 0 Å². The van der Waals surface area contributed by atoms with Gasteiger partial charge in [0, 0.05) is 16.7 Å². The predicted molar refractivity (Wildman–Crippen MR) is 142 cm³/mol. The Kier molecular flexibility index (Phi) is 4.87. The molecular weight excluding hydrogens is 502 g/mol. The quantitative estimate of drug-likeness (QED) is 0.146. The lowest BCUT2D eigenvalue weighted by molar-refractivity contribution is -0.272. The average Bonchev–Trinajstić information content (AvgIpc) is 2.95. The molecule has 0 aromatic heterocycles. The Hall–Kier alpha value is -0.580. The highest BCUT2D eigenvalue weighted by Crippen LogP contribution is 2.81. The van der Waals surface area contributed by atoms with Crippen LogP contribution in [-0.4, -0.2) is 27.3 Å². The molecule has 9 atom stereocenters. The van der Waals surface area contributed by atoms with Crippen molar-refractivity contribution in [3.63, 3.8) is 0 Å². The van der Waals surface area contributed by atoms with Crippen LogP contribution < -0.4 is 0 Å². The summed E-state index contributed by atoms with van der Waals surface area (Å²) in [5.41, 5.74) is 0.740. The third-order valence-corrected chi connectivity index (χ3v) is 15.0. The fourth-order valence-corrected chi connectivity index (χ4v) is 13.1. The Balaban J connectivity index is 1.48. The minimum atomic E-state index is -0.406. The van der Waals surface area contributed by atoms with E-state index in [1.807, 2.05) is 0 Å². The second kappa shape index (κ2) is 6.89. The minimum Gasteiger partial charge on any atom is -0.457 e. The Morgan fingerprint density at radius 3 is 2.29 bits per heavy atom. The summed E-state index contributed by atoms with van der Waals surface area (Å²) in [6, 6.07) is 0. The molecule has 5 saturated carbocycles. The maximum Gasteiger partial charge on any atom is 0.313 e. The van der Waals surface area contributed by atoms with Crippen LogP contribution in [0.4, 0.5) is 0 Å². The topological polar surface area (TPSA) is 58.9 Å². The van der Waals surface area contributed by atoms with Crippen LogP contribution >= 0.6 is 15.9 Å². The van der Waals surface area contributed by atoms with Crippen molar-refractivity contribution in [2.24, 2.45) is 55.4 Å². The Morgan fingerprint density at radius 2 is 1.60 bits per heavy atom. The molecule has 1 heterocycles. The molecule has 5 aliphatic carbocycles. The SMILES string of the molecule is CC1(C)CC[C@@]23CC[C@]4(C)[C@@](OC2=O)(C3C1)[C@@H](Br)CC1[C@@]2(C)CC/C(=N/O)C(C)(C)C2CC[C@]14C. The van der Waals surface area contributed by atoms with Crippen molar-refractivity contribution >= 4 is 27.6 Å². The summed E-state index contributed by atoms with van der Waals surface area (Å²) >= 11 is 4.27. The number of carbonyl (C=O) groups is 1. The smallest absolute Gasteiger partial charge is 0.313 e. The molecule has 6 aliphatic rings. The Labute approximate surface area is 220 Å². The second-order valence-corrected chi connectivity index (χ2v) is 16.7. The van der Waals surface area contributed by atoms with Crippen molar-refractivity contribution in [2.75, 3.05) is 0 Å². The maximum absolute atomic E-state index is 13.8. The lowest BCUT2D eigenvalue weighted by Crippen LogP contribution is -2.75. The van der Waals surface area contributed by atoms with Gasteiger partial charge in [0.05, 0.1) is 16.0 Å². The highest BCUT2D eigenvalue weighted by molar-refractivity contribution is 9.09. The van der Waals surface area contributed by atoms with E-state index in [9.17, 15) is 10.0 Å². The molecule has 0 radical (unpaired) electrons. The van der Waals surface area contributed by atoms with Crippen LogP contribution in [0.25, 0.3) is 0 Å². The van der Waals surface area contributed by atoms with Crippen LogP contribution in [0, 0.1) is 50.2 Å². The van der Waals surface area contributed by atoms with E-state index in [2.05, 4.69) is 69.6 Å². The summed E-state index contributed by atoms with van der Waals surface area (Å²) in [7, 11) is 0. The summed E-state index contributed by atoms with van der Waals surface area (Å²) in [6.45, 7) is 17.1. The number of rotatable bonds is 0. The third kappa shape index (κ3) is 2.56. The van der Waals surface area contributed by atoms with E-state index < -0.39 is 5.60 Å². The van der Waals surface area contributed by atoms with Crippen LogP contribution in [-0.2, 0) is 9.53 Å². The Bertz CT molecular complexity index is 1010. The molecule has 0 aromatic rings. The van der Waals surface area contributed by atoms with Crippen LogP contribution in [0.15, 0.2) is 5.16 Å². The summed E-state index contributed by atoms with van der Waals surface area (Å²) in [6.07, 6.45) is 10.7. The van der Waals surface area contributed by atoms with E-state index >= 15 is 0 Å². The summed E-state index contributed by atoms with van der Waals surface area (Å²) < 4.78 is 6.84. The number of ether oxygens (including phenoxy) is 1. The van der Waals surface area contributed by atoms with E-state index in [4.69, 9.17) is 4.74 Å². The predicted octanol–water partition coefficient (Wildman–Crippen LogP) is 7.75. The molecule has 35 heavy (non-hydrogen) atoms. The summed E-state index contributed by atoms with van der Waals surface area (Å²) in [5, 5.41) is 13.6. The fraction of sp³-hybridized carbons (Fsp3) is 0.933. The molecule has 6 fully saturated rings. The number of esters is 1. The number of carbonyl (C=O) groups excluding carboxylic acids is 1. The number of halogens is 1. The van der Waals surface area contributed by atoms with E-state index in [0.717, 1.165) is 63.5 Å². The first-order chi connectivity index (χ1) is 16.1. The molecule has 4 nitrogen and oxygen atoms in total. The lowest BCUT2D eigenvalue weighted by Gasteiger charge is -2.74. The fourth-order valence-electron chi connectivity index (χ4n) is 11.8. The summed E-state index contributed by atoms with van der Waals surface area (Å²) in [4.78, 5) is 14.0. The van der Waals surface area contributed by atoms with Crippen molar-refractivity contribution in [3.8, 4) is 0 Å². The molecule has 3 unspecified atom stereocenters. The average molecular weight is 549 g/mol. The zero-order chi connectivity index (χ0) is 25.4. The van der Waals surface area contributed by atoms with Gasteiger partial charge in [-0.15, -0.1) is 0 Å². The number of alkyl halides is 1. The second-order valence-electron chi connectivity index (χ2n) is 15.6. The molecule has 1 aliphatic heterocycles. The van der Waals surface area contributed by atoms with E-state index in [-0.39, 0.29) is 43.3 Å². The normalized spacial score (nSPS) is 56.9. The number of fused-ring (bicyclic) bond motifs is 4. The highest BCUT2D eigenvalue weighted by Gasteiger charge is 2.83. The number of nitrogens with zero attached hydrogens (tertiary/aromatic N) is 1. The van der Waals surface area contributed by atoms with Crippen molar-refractivity contribution in [1.29, 1.82) is 0 Å². The minimum absolute atomic E-state index is 0.0473. The van der Waals surface area contributed by atoms with E-state index in [1.54, 1.807) is 0 Å². The van der Waals surface area contributed by atoms with Crippen LogP contribution in [0.3, 0.4) is 0 Å². The van der Waals surface area contributed by atoms with Gasteiger partial charge in [-0.2, -0.15) is 0 Å². The van der Waals surface area contributed by atoms with Crippen LogP contribution in [0.1, 0.15) is 113 Å². The number of hydrogen-bond acceptors (Lipinski definition) is 4. The van der Waals surface area contributed by atoms with Crippen LogP contribution in [0.5, 0.6) is 0 Å². The summed E-state index contributed by atoms with van der Waals surface area (Å²) in [5.74, 6) is 1.49. The molecular formula is C30H46BrNO3. The van der Waals surface area contributed by atoms with Gasteiger partial charge in [0.1, 0.15) is 5.60 Å². The van der Waals surface area contributed by atoms with Gasteiger partial charge in [-0.25, -0.2) is 0 Å². The maximum atomic E-state index is 13.8. The largest absolute Gasteiger partial charge is 0.457 e. The highest BCUT2D eigenvalue weighted by atomic mass is 79.9. The standard InChI is InChI=1S/C30H46BrNO3/c1-24(2)12-14-29-15-13-28(7)27(6)11-8-18-25(3,4)22(32-34)9-10-26(18,5)19(27)16-21(31)30(28,20(29)17-24)35-23(29)33/h18-21,34H,8-17H2,1-7H3/b32-22-/t18?,19?,20?,21-,26-,27+,28-,29-,30+/m0/s1. The molecule has 1 spiro atoms. The molecule has 0 aromatic carbocycles. The zero-order valence-corrected chi connectivity index (χ0v) is 24.6. The molecule has 2 bridgehead atoms. The zero-order valence-electron chi connectivity index (χ0n) is 23.0. The van der Waals surface area contributed by atoms with Gasteiger partial charge in [-0.3, -0.25) is 4.79 Å². The van der Waals surface area contributed by atoms with E-state index in [1.165, 1.54) is 6.42 Å². The van der Waals surface area contributed by atoms with Gasteiger partial charge in [-0.05, 0) is 92.3 Å². The third-order valence-electron chi connectivity index (χ3n) is 13.9. The first-order valence-corrected chi connectivity index (χ1v) is 15.2. The van der Waals surface area contributed by atoms with Gasteiger partial charge in [0.25, 0.3) is 0 Å². The first-order valence-electron chi connectivity index (χ1n) is 14.2. The molecule has 5 heteroatoms. The Morgan fingerprint density at radius 1 is 0.914 bits per heavy atom. The molecule has 196 valence electrons. The van der Waals surface area contributed by atoms with Gasteiger partial charge in [-0.1, -0.05) is 69.6 Å². The number of oxime groups is 1. The van der Waals surface area contributed by atoms with Crippen molar-refractivity contribution in [1.82, 2.24) is 0 Å². The molecule has 1 saturated heterocycles. The van der Waals surface area contributed by atoms with Crippen molar-refractivity contribution in [3.05, 3.63) is 0 Å². The molecule has 6 rings (SSSR count). The monoisotopic (exact) mass is 547 g/mol. The van der Waals surface area contributed by atoms with Gasteiger partial charge in [0.2, 0.25) is 0 Å². The number of hydrogen-bond donors (Lipinski definition) is 1. The van der Waals surface area contributed by atoms with E-state index in [0.29, 0.717) is 17.8 Å². The first kappa shape index (κ1) is 24.7. The van der Waals surface area contributed by atoms with Crippen molar-refractivity contribution in [2.45, 2.75) is 123 Å².